The summed E-state index contributed by atoms with van der Waals surface area (Å²) in [4.78, 5) is 26.9. The van der Waals surface area contributed by atoms with Crippen molar-refractivity contribution in [1.29, 1.82) is 0 Å². The van der Waals surface area contributed by atoms with Crippen LogP contribution in [0.2, 0.25) is 0 Å². The summed E-state index contributed by atoms with van der Waals surface area (Å²) in [5.74, 6) is 0.0605. The van der Waals surface area contributed by atoms with Gasteiger partial charge in [0.25, 0.3) is 5.91 Å². The summed E-state index contributed by atoms with van der Waals surface area (Å²) in [6, 6.07) is 2.08. The first kappa shape index (κ1) is 17.0. The van der Waals surface area contributed by atoms with Crippen LogP contribution in [0.3, 0.4) is 0 Å². The lowest BCUT2D eigenvalue weighted by Crippen LogP contribution is -2.41. The topological polar surface area (TPSA) is 67.2 Å². The minimum Gasteiger partial charge on any atom is -0.346 e. The number of aromatic nitrogens is 2. The first-order valence-electron chi connectivity index (χ1n) is 9.23. The lowest BCUT2D eigenvalue weighted by atomic mass is 10.1. The quantitative estimate of drug-likeness (QED) is 0.860. The van der Waals surface area contributed by atoms with E-state index in [2.05, 4.69) is 10.4 Å². The van der Waals surface area contributed by atoms with E-state index in [0.29, 0.717) is 31.2 Å². The third kappa shape index (κ3) is 3.62. The van der Waals surface area contributed by atoms with Crippen LogP contribution in [0.4, 0.5) is 0 Å². The molecule has 3 rings (SSSR count). The molecule has 6 nitrogen and oxygen atoms in total. The van der Waals surface area contributed by atoms with E-state index in [1.165, 1.54) is 25.7 Å². The molecule has 0 spiro atoms. The molecule has 0 radical (unpaired) electrons. The molecule has 24 heavy (non-hydrogen) atoms. The maximum Gasteiger partial charge on any atom is 0.269 e. The number of carbonyl (C=O) groups excluding carboxylic acids is 2. The van der Waals surface area contributed by atoms with Gasteiger partial charge in [0.05, 0.1) is 11.7 Å². The van der Waals surface area contributed by atoms with Crippen molar-refractivity contribution in [3.63, 3.8) is 0 Å². The van der Waals surface area contributed by atoms with Gasteiger partial charge in [0.15, 0.2) is 0 Å². The van der Waals surface area contributed by atoms with Gasteiger partial charge in [-0.05, 0) is 32.8 Å². The van der Waals surface area contributed by atoms with E-state index in [1.54, 1.807) is 10.7 Å². The molecule has 1 saturated heterocycles. The molecule has 1 N–H and O–H groups in total. The van der Waals surface area contributed by atoms with Crippen molar-refractivity contribution in [3.05, 3.63) is 17.5 Å². The molecule has 1 unspecified atom stereocenters. The molecule has 1 aromatic rings. The molecular formula is C18H28N4O2. The molecule has 132 valence electrons. The van der Waals surface area contributed by atoms with Crippen LogP contribution in [-0.4, -0.2) is 45.1 Å². The smallest absolute Gasteiger partial charge is 0.269 e. The number of hydrogen-bond acceptors (Lipinski definition) is 3. The van der Waals surface area contributed by atoms with Crippen LogP contribution in [0.15, 0.2) is 6.07 Å². The Morgan fingerprint density at radius 3 is 2.67 bits per heavy atom. The molecule has 2 fully saturated rings. The van der Waals surface area contributed by atoms with Gasteiger partial charge in [-0.3, -0.25) is 14.3 Å². The number of nitrogens with zero attached hydrogens (tertiary/aromatic N) is 3. The first-order valence-corrected chi connectivity index (χ1v) is 9.23. The molecule has 0 aromatic carbocycles. The highest BCUT2D eigenvalue weighted by Crippen LogP contribution is 2.26. The van der Waals surface area contributed by atoms with Crippen LogP contribution in [0.1, 0.15) is 68.1 Å². The average molecular weight is 332 g/mol. The Morgan fingerprint density at radius 1 is 1.29 bits per heavy atom. The Kier molecular flexibility index (Phi) is 5.21. The van der Waals surface area contributed by atoms with Crippen molar-refractivity contribution >= 4 is 11.8 Å². The van der Waals surface area contributed by atoms with Crippen LogP contribution in [-0.2, 0) is 11.3 Å². The number of likely N-dealkylation sites (tertiary alicyclic amines) is 1. The van der Waals surface area contributed by atoms with Gasteiger partial charge in [-0.25, -0.2) is 0 Å². The van der Waals surface area contributed by atoms with Gasteiger partial charge in [-0.15, -0.1) is 0 Å². The molecule has 1 saturated carbocycles. The molecule has 1 atom stereocenters. The van der Waals surface area contributed by atoms with Gasteiger partial charge in [0.2, 0.25) is 5.91 Å². The second-order valence-electron chi connectivity index (χ2n) is 7.05. The molecular weight excluding hydrogens is 304 g/mol. The van der Waals surface area contributed by atoms with E-state index in [1.807, 2.05) is 18.7 Å². The predicted octanol–water partition coefficient (Wildman–Crippen LogP) is 2.26. The molecule has 2 heterocycles. The number of aryl methyl sites for hydroxylation is 2. The van der Waals surface area contributed by atoms with Crippen LogP contribution in [0.25, 0.3) is 0 Å². The van der Waals surface area contributed by atoms with Crippen molar-refractivity contribution in [1.82, 2.24) is 20.0 Å². The number of hydrogen-bond donors (Lipinski definition) is 1. The van der Waals surface area contributed by atoms with Gasteiger partial charge in [-0.2, -0.15) is 5.10 Å². The number of rotatable bonds is 4. The fraction of sp³-hybridized carbons (Fsp3) is 0.722. The Labute approximate surface area is 143 Å². The van der Waals surface area contributed by atoms with E-state index in [0.717, 1.165) is 18.5 Å². The molecule has 1 aliphatic carbocycles. The molecule has 0 bridgehead atoms. The van der Waals surface area contributed by atoms with Gasteiger partial charge >= 0.3 is 0 Å². The van der Waals surface area contributed by atoms with Gasteiger partial charge < -0.3 is 10.2 Å². The van der Waals surface area contributed by atoms with E-state index >= 15 is 0 Å². The minimum absolute atomic E-state index is 0.0891. The fourth-order valence-electron chi connectivity index (χ4n) is 3.98. The Bertz CT molecular complexity index is 602. The first-order chi connectivity index (χ1) is 11.6. The second kappa shape index (κ2) is 7.36. The monoisotopic (exact) mass is 332 g/mol. The lowest BCUT2D eigenvalue weighted by Gasteiger charge is -2.27. The number of carbonyl (C=O) groups is 2. The summed E-state index contributed by atoms with van der Waals surface area (Å²) in [7, 11) is 0. The van der Waals surface area contributed by atoms with E-state index in [4.69, 9.17) is 0 Å². The van der Waals surface area contributed by atoms with E-state index in [-0.39, 0.29) is 17.9 Å². The normalized spacial score (nSPS) is 22.7. The Hall–Kier alpha value is -1.85. The summed E-state index contributed by atoms with van der Waals surface area (Å²) in [6.45, 7) is 5.16. The highest BCUT2D eigenvalue weighted by atomic mass is 16.2. The van der Waals surface area contributed by atoms with Gasteiger partial charge in [-0.1, -0.05) is 25.7 Å². The molecule has 1 aliphatic heterocycles. The van der Waals surface area contributed by atoms with Crippen molar-refractivity contribution in [2.24, 2.45) is 0 Å². The average Bonchev–Trinajstić information content (AvgIpc) is 2.99. The third-order valence-corrected chi connectivity index (χ3v) is 5.19. The maximum atomic E-state index is 12.5. The zero-order valence-electron chi connectivity index (χ0n) is 14.8. The largest absolute Gasteiger partial charge is 0.346 e. The standard InChI is InChI=1S/C18H28N4O2/c1-3-22-16(10-13(2)20-22)18(24)19-14-11-17(23)21(12-14)15-8-6-4-5-7-9-15/h10,14-15H,3-9,11-12H2,1-2H3,(H,19,24). The van der Waals surface area contributed by atoms with Gasteiger partial charge in [0, 0.05) is 25.6 Å². The minimum atomic E-state index is -0.127. The number of nitrogens with one attached hydrogen (secondary N) is 1. The van der Waals surface area contributed by atoms with E-state index < -0.39 is 0 Å². The van der Waals surface area contributed by atoms with Crippen LogP contribution >= 0.6 is 0 Å². The Morgan fingerprint density at radius 2 is 2.00 bits per heavy atom. The van der Waals surface area contributed by atoms with Crippen molar-refractivity contribution in [2.45, 2.75) is 77.4 Å². The lowest BCUT2D eigenvalue weighted by molar-refractivity contribution is -0.129. The van der Waals surface area contributed by atoms with Gasteiger partial charge in [0.1, 0.15) is 5.69 Å². The summed E-state index contributed by atoms with van der Waals surface area (Å²) < 4.78 is 1.71. The number of amides is 2. The van der Waals surface area contributed by atoms with Crippen molar-refractivity contribution < 1.29 is 9.59 Å². The summed E-state index contributed by atoms with van der Waals surface area (Å²) in [5.41, 5.74) is 1.42. The molecule has 2 aliphatic rings. The highest BCUT2D eigenvalue weighted by molar-refractivity contribution is 5.93. The van der Waals surface area contributed by atoms with Crippen molar-refractivity contribution in [2.75, 3.05) is 6.54 Å². The Balaban J connectivity index is 1.62. The molecule has 6 heteroatoms. The van der Waals surface area contributed by atoms with Crippen LogP contribution in [0.5, 0.6) is 0 Å². The summed E-state index contributed by atoms with van der Waals surface area (Å²) >= 11 is 0. The highest BCUT2D eigenvalue weighted by Gasteiger charge is 2.35. The van der Waals surface area contributed by atoms with Crippen LogP contribution < -0.4 is 5.32 Å². The summed E-state index contributed by atoms with van der Waals surface area (Å²) in [5, 5.41) is 7.35. The van der Waals surface area contributed by atoms with Crippen molar-refractivity contribution in [3.8, 4) is 0 Å². The van der Waals surface area contributed by atoms with Crippen LogP contribution in [0, 0.1) is 6.92 Å². The molecule has 2 amide bonds. The van der Waals surface area contributed by atoms with E-state index in [9.17, 15) is 9.59 Å². The third-order valence-electron chi connectivity index (χ3n) is 5.19. The fourth-order valence-corrected chi connectivity index (χ4v) is 3.98. The SMILES string of the molecule is CCn1nc(C)cc1C(=O)NC1CC(=O)N(C2CCCCCC2)C1. The predicted molar refractivity (Wildman–Crippen MR) is 91.7 cm³/mol. The second-order valence-corrected chi connectivity index (χ2v) is 7.05. The maximum absolute atomic E-state index is 12.5. The summed E-state index contributed by atoms with van der Waals surface area (Å²) in [6.07, 6.45) is 7.60. The molecule has 1 aromatic heterocycles. The zero-order chi connectivity index (χ0) is 17.1. The zero-order valence-corrected chi connectivity index (χ0v) is 14.8.